The van der Waals surface area contributed by atoms with E-state index in [9.17, 15) is 32.7 Å². The number of anilines is 1. The molecule has 3 aliphatic heterocycles. The number of rotatable bonds is 7. The van der Waals surface area contributed by atoms with Crippen LogP contribution >= 0.6 is 34.8 Å². The molecule has 4 heterocycles. The van der Waals surface area contributed by atoms with Gasteiger partial charge in [0.2, 0.25) is 11.8 Å². The molecule has 4 amide bonds. The van der Waals surface area contributed by atoms with Crippen molar-refractivity contribution in [3.05, 3.63) is 134 Å². The van der Waals surface area contributed by atoms with Crippen LogP contribution in [0.15, 0.2) is 96.7 Å². The monoisotopic (exact) mass is 877 g/mol. The number of nitrogens with one attached hydrogen (secondary N) is 1. The summed E-state index contributed by atoms with van der Waals surface area (Å²) in [6.07, 6.45) is -0.925. The molecule has 0 radical (unpaired) electrons. The summed E-state index contributed by atoms with van der Waals surface area (Å²) in [6.45, 7) is 2.15. The zero-order valence-corrected chi connectivity index (χ0v) is 34.0. The molecule has 1 aromatic heterocycles. The van der Waals surface area contributed by atoms with Crippen LogP contribution in [0, 0.1) is 23.7 Å². The van der Waals surface area contributed by atoms with Gasteiger partial charge >= 0.3 is 6.18 Å². The molecule has 0 bridgehead atoms. The van der Waals surface area contributed by atoms with Gasteiger partial charge < -0.3 is 5.11 Å². The summed E-state index contributed by atoms with van der Waals surface area (Å²) in [5.41, 5.74) is 2.33. The summed E-state index contributed by atoms with van der Waals surface area (Å²) in [6, 6.07) is 21.2. The third kappa shape index (κ3) is 6.56. The molecule has 310 valence electrons. The Kier molecular flexibility index (Phi) is 10.2. The number of hydrogen-bond donors (Lipinski definition) is 2. The van der Waals surface area contributed by atoms with Crippen molar-refractivity contribution in [1.82, 2.24) is 19.8 Å². The highest BCUT2D eigenvalue weighted by molar-refractivity contribution is 6.33. The van der Waals surface area contributed by atoms with E-state index < -0.39 is 63.6 Å². The van der Waals surface area contributed by atoms with Crippen molar-refractivity contribution >= 4 is 64.2 Å². The highest BCUT2D eigenvalue weighted by Gasteiger charge is 2.71. The Hall–Kier alpha value is -4.95. The van der Waals surface area contributed by atoms with E-state index in [0.717, 1.165) is 11.6 Å². The van der Waals surface area contributed by atoms with Crippen LogP contribution in [0.2, 0.25) is 15.1 Å². The SMILES string of the molecule is O=C1C2CC3C(=CCC4C(=O)N(C5CCN(Cc6ccccc6)CC5)C(=O)C43)C(c3ccc(O)cc3Cl)C2(c2ccc(Cl)cc2)C(=O)N1Nc1ncc(C(F)(F)F)cc1Cl. The number of benzene rings is 3. The Balaban J connectivity index is 1.12. The number of allylic oxidation sites excluding steroid dienone is 2. The normalized spacial score (nSPS) is 27.2. The van der Waals surface area contributed by atoms with Crippen LogP contribution in [0.5, 0.6) is 5.75 Å². The molecule has 6 atom stereocenters. The topological polar surface area (TPSA) is 123 Å². The number of hydrazine groups is 1. The number of carbonyl (C=O) groups excluding carboxylic acids is 4. The number of nitrogens with zero attached hydrogens (tertiary/aromatic N) is 4. The number of carbonyl (C=O) groups is 4. The summed E-state index contributed by atoms with van der Waals surface area (Å²) in [7, 11) is 0. The van der Waals surface area contributed by atoms with Crippen LogP contribution in [0.4, 0.5) is 19.0 Å². The molecule has 2 aliphatic carbocycles. The zero-order chi connectivity index (χ0) is 42.2. The quantitative estimate of drug-likeness (QED) is 0.140. The molecular weight excluding hydrogens is 842 g/mol. The second kappa shape index (κ2) is 15.2. The first-order valence-corrected chi connectivity index (χ1v) is 20.8. The van der Waals surface area contributed by atoms with E-state index in [1.807, 2.05) is 24.3 Å². The number of hydrogen-bond acceptors (Lipinski definition) is 8. The number of piperidine rings is 1. The van der Waals surface area contributed by atoms with Gasteiger partial charge in [-0.05, 0) is 78.6 Å². The third-order valence-electron chi connectivity index (χ3n) is 13.1. The van der Waals surface area contributed by atoms with Gasteiger partial charge in [0.15, 0.2) is 5.82 Å². The molecule has 3 saturated heterocycles. The van der Waals surface area contributed by atoms with Crippen molar-refractivity contribution in [3.8, 4) is 5.75 Å². The number of alkyl halides is 3. The molecule has 0 spiro atoms. The van der Waals surface area contributed by atoms with Crippen LogP contribution < -0.4 is 5.43 Å². The van der Waals surface area contributed by atoms with Gasteiger partial charge in [-0.3, -0.25) is 34.4 Å². The van der Waals surface area contributed by atoms with E-state index >= 15 is 4.79 Å². The molecule has 60 heavy (non-hydrogen) atoms. The maximum Gasteiger partial charge on any atom is 0.417 e. The van der Waals surface area contributed by atoms with Gasteiger partial charge in [0, 0.05) is 47.8 Å². The molecular formula is C44H37Cl3F3N5O5. The molecule has 5 aliphatic rings. The molecule has 4 fully saturated rings. The number of imide groups is 2. The highest BCUT2D eigenvalue weighted by atomic mass is 35.5. The summed E-state index contributed by atoms with van der Waals surface area (Å²) >= 11 is 19.6. The first-order valence-electron chi connectivity index (χ1n) is 19.6. The maximum atomic E-state index is 15.4. The van der Waals surface area contributed by atoms with Gasteiger partial charge in [-0.1, -0.05) is 95.0 Å². The maximum absolute atomic E-state index is 15.4. The number of fused-ring (bicyclic) bond motifs is 4. The van der Waals surface area contributed by atoms with E-state index in [0.29, 0.717) is 59.9 Å². The number of aromatic hydroxyl groups is 1. The van der Waals surface area contributed by atoms with Gasteiger partial charge in [-0.25, -0.2) is 4.98 Å². The van der Waals surface area contributed by atoms with Crippen molar-refractivity contribution in [2.75, 3.05) is 18.5 Å². The average Bonchev–Trinajstić information content (AvgIpc) is 3.60. The Labute approximate surface area is 357 Å². The number of aromatic nitrogens is 1. The second-order valence-corrected chi connectivity index (χ2v) is 17.4. The van der Waals surface area contributed by atoms with Crippen molar-refractivity contribution < 1.29 is 37.5 Å². The molecule has 1 saturated carbocycles. The standard InChI is InChI=1S/C44H37Cl3F3N5O5/c45-26-8-6-24(7-9-26)43-33(40(58)55(42(43)60)52-38-35(47)18-25(21-51-38)44(48,49)50)20-32-29(37(43)30-11-10-28(56)19-34(30)46)12-13-31-36(32)41(59)54(39(31)57)27-14-16-53(17-15-27)22-23-4-2-1-3-5-23/h1-12,18-19,21,27,31-33,36-37,56H,13-17,20,22H2,(H,51,52). The summed E-state index contributed by atoms with van der Waals surface area (Å²) in [5, 5.41) is 11.1. The smallest absolute Gasteiger partial charge is 0.417 e. The van der Waals surface area contributed by atoms with E-state index in [-0.39, 0.29) is 47.3 Å². The van der Waals surface area contributed by atoms with Crippen LogP contribution in [0.25, 0.3) is 0 Å². The molecule has 10 nitrogen and oxygen atoms in total. The fourth-order valence-electron chi connectivity index (χ4n) is 10.4. The number of phenolic OH excluding ortho intramolecular Hbond substituents is 1. The van der Waals surface area contributed by atoms with Crippen LogP contribution in [0.3, 0.4) is 0 Å². The molecule has 3 aromatic carbocycles. The minimum Gasteiger partial charge on any atom is -0.508 e. The van der Waals surface area contributed by atoms with E-state index in [4.69, 9.17) is 34.8 Å². The van der Waals surface area contributed by atoms with Gasteiger partial charge in [0.25, 0.3) is 11.8 Å². The average molecular weight is 879 g/mol. The number of halogens is 6. The third-order valence-corrected chi connectivity index (χ3v) is 13.9. The molecule has 2 N–H and O–H groups in total. The molecule has 16 heteroatoms. The Morgan fingerprint density at radius 1 is 0.850 bits per heavy atom. The molecule has 9 rings (SSSR count). The lowest BCUT2D eigenvalue weighted by molar-refractivity contribution is -0.144. The van der Waals surface area contributed by atoms with Gasteiger partial charge in [0.1, 0.15) is 5.75 Å². The van der Waals surface area contributed by atoms with Crippen molar-refractivity contribution in [2.24, 2.45) is 23.7 Å². The van der Waals surface area contributed by atoms with E-state index in [1.54, 1.807) is 30.3 Å². The first kappa shape index (κ1) is 40.5. The number of amides is 4. The number of pyridine rings is 1. The summed E-state index contributed by atoms with van der Waals surface area (Å²) < 4.78 is 40.6. The predicted octanol–water partition coefficient (Wildman–Crippen LogP) is 8.42. The van der Waals surface area contributed by atoms with Crippen LogP contribution in [-0.2, 0) is 37.3 Å². The fraction of sp³-hybridized carbons (Fsp3) is 0.341. The summed E-state index contributed by atoms with van der Waals surface area (Å²) in [5.74, 6) is -7.02. The number of phenols is 1. The Morgan fingerprint density at radius 2 is 1.57 bits per heavy atom. The van der Waals surface area contributed by atoms with Crippen molar-refractivity contribution in [3.63, 3.8) is 0 Å². The van der Waals surface area contributed by atoms with E-state index in [2.05, 4.69) is 27.4 Å². The summed E-state index contributed by atoms with van der Waals surface area (Å²) in [4.78, 5) is 67.1. The van der Waals surface area contributed by atoms with E-state index in [1.165, 1.54) is 22.6 Å². The van der Waals surface area contributed by atoms with Crippen molar-refractivity contribution in [2.45, 2.75) is 55.8 Å². The van der Waals surface area contributed by atoms with Crippen molar-refractivity contribution in [1.29, 1.82) is 0 Å². The lowest BCUT2D eigenvalue weighted by atomic mass is 9.49. The predicted molar refractivity (Wildman–Crippen MR) is 217 cm³/mol. The van der Waals surface area contributed by atoms with Crippen LogP contribution in [0.1, 0.15) is 53.9 Å². The van der Waals surface area contributed by atoms with Crippen LogP contribution in [-0.4, -0.2) is 67.7 Å². The Bertz CT molecular complexity index is 2450. The van der Waals surface area contributed by atoms with Gasteiger partial charge in [0.05, 0.1) is 33.8 Å². The minimum atomic E-state index is -4.76. The largest absolute Gasteiger partial charge is 0.508 e. The number of likely N-dealkylation sites (tertiary alicyclic amines) is 2. The lowest BCUT2D eigenvalue weighted by Gasteiger charge is -2.50. The van der Waals surface area contributed by atoms with Gasteiger partial charge in [-0.2, -0.15) is 18.2 Å². The fourth-order valence-corrected chi connectivity index (χ4v) is 11.1. The lowest BCUT2D eigenvalue weighted by Crippen LogP contribution is -2.53. The highest BCUT2D eigenvalue weighted by Crippen LogP contribution is 2.65. The molecule has 4 aromatic rings. The Morgan fingerprint density at radius 3 is 2.23 bits per heavy atom. The zero-order valence-electron chi connectivity index (χ0n) is 31.7. The minimum absolute atomic E-state index is 0.0267. The molecule has 6 unspecified atom stereocenters. The second-order valence-electron chi connectivity index (χ2n) is 16.2. The first-order chi connectivity index (χ1) is 28.7. The van der Waals surface area contributed by atoms with Gasteiger partial charge in [-0.15, -0.1) is 0 Å².